The molecule has 0 rings (SSSR count). The maximum Gasteiger partial charge on any atom is 0.472 e. The first-order valence-electron chi connectivity index (χ1n) is 20.1. The van der Waals surface area contributed by atoms with Crippen LogP contribution in [0, 0.1) is 0 Å². The van der Waals surface area contributed by atoms with Crippen LogP contribution < -0.4 is 0 Å². The Hall–Kier alpha value is -1.02. The number of carbonyl (C=O) groups is 1. The van der Waals surface area contributed by atoms with Gasteiger partial charge >= 0.3 is 13.8 Å². The molecule has 0 aromatic carbocycles. The van der Waals surface area contributed by atoms with E-state index in [-0.39, 0.29) is 25.8 Å². The molecule has 0 aliphatic heterocycles. The van der Waals surface area contributed by atoms with Crippen molar-refractivity contribution in [3.05, 3.63) is 24.3 Å². The van der Waals surface area contributed by atoms with Gasteiger partial charge in [-0.2, -0.15) is 0 Å². The Morgan fingerprint density at radius 1 is 0.612 bits per heavy atom. The highest BCUT2D eigenvalue weighted by Gasteiger charge is 2.26. The van der Waals surface area contributed by atoms with E-state index in [1.807, 2.05) is 21.1 Å². The highest BCUT2D eigenvalue weighted by molar-refractivity contribution is 7.47. The van der Waals surface area contributed by atoms with E-state index in [0.29, 0.717) is 24.1 Å². The topological polar surface area (TPSA) is 91.3 Å². The van der Waals surface area contributed by atoms with Gasteiger partial charge in [0, 0.05) is 13.0 Å². The number of phosphoric acid groups is 1. The standard InChI is InChI=1S/C40H78NO7P/c1-6-8-10-12-14-16-18-20-22-24-26-28-30-32-35-45-37-39(38-47-49(43,44)46-36-34-41(3,4)5)48-40(42)33-31-29-27-25-23-21-19-17-15-13-11-9-7-2/h16-19,39H,6-15,20-38H2,1-5H3/p+1/b18-16-,19-17-. The van der Waals surface area contributed by atoms with Gasteiger partial charge in [0.25, 0.3) is 0 Å². The van der Waals surface area contributed by atoms with Crippen molar-refractivity contribution in [1.29, 1.82) is 0 Å². The van der Waals surface area contributed by atoms with Gasteiger partial charge in [0.05, 0.1) is 34.4 Å². The Morgan fingerprint density at radius 3 is 1.55 bits per heavy atom. The molecular weight excluding hydrogens is 637 g/mol. The van der Waals surface area contributed by atoms with Gasteiger partial charge in [-0.3, -0.25) is 13.8 Å². The summed E-state index contributed by atoms with van der Waals surface area (Å²) in [6.45, 7) is 5.57. The number of unbranched alkanes of at least 4 members (excludes halogenated alkanes) is 19. The normalized spacial score (nSPS) is 14.2. The summed E-state index contributed by atoms with van der Waals surface area (Å²) in [6.07, 6.45) is 36.3. The van der Waals surface area contributed by atoms with E-state index in [1.54, 1.807) is 0 Å². The molecule has 0 fully saturated rings. The van der Waals surface area contributed by atoms with E-state index in [0.717, 1.165) is 44.9 Å². The van der Waals surface area contributed by atoms with Crippen molar-refractivity contribution < 1.29 is 37.3 Å². The summed E-state index contributed by atoms with van der Waals surface area (Å²) in [6, 6.07) is 0. The lowest BCUT2D eigenvalue weighted by atomic mass is 10.1. The lowest BCUT2D eigenvalue weighted by Crippen LogP contribution is -2.37. The molecule has 2 unspecified atom stereocenters. The second-order valence-electron chi connectivity index (χ2n) is 14.7. The van der Waals surface area contributed by atoms with E-state index in [1.165, 1.54) is 103 Å². The summed E-state index contributed by atoms with van der Waals surface area (Å²) in [5.41, 5.74) is 0. The van der Waals surface area contributed by atoms with Crippen LogP contribution in [0.25, 0.3) is 0 Å². The third kappa shape index (κ3) is 38.1. The van der Waals surface area contributed by atoms with Crippen LogP contribution >= 0.6 is 7.82 Å². The number of quaternary nitrogens is 1. The number of carbonyl (C=O) groups excluding carboxylic acids is 1. The fourth-order valence-electron chi connectivity index (χ4n) is 5.31. The zero-order chi connectivity index (χ0) is 36.3. The average Bonchev–Trinajstić information content (AvgIpc) is 3.04. The fourth-order valence-corrected chi connectivity index (χ4v) is 6.05. The molecule has 2 atom stereocenters. The first-order chi connectivity index (χ1) is 23.6. The van der Waals surface area contributed by atoms with Crippen molar-refractivity contribution >= 4 is 13.8 Å². The van der Waals surface area contributed by atoms with E-state index in [2.05, 4.69) is 38.2 Å². The van der Waals surface area contributed by atoms with Crippen LogP contribution in [0.4, 0.5) is 0 Å². The molecule has 0 bridgehead atoms. The second-order valence-corrected chi connectivity index (χ2v) is 16.1. The largest absolute Gasteiger partial charge is 0.472 e. The lowest BCUT2D eigenvalue weighted by molar-refractivity contribution is -0.870. The van der Waals surface area contributed by atoms with Crippen LogP contribution in [-0.4, -0.2) is 75.6 Å². The summed E-state index contributed by atoms with van der Waals surface area (Å²) in [7, 11) is 1.66. The molecule has 0 aromatic heterocycles. The third-order valence-electron chi connectivity index (χ3n) is 8.49. The molecule has 290 valence electrons. The summed E-state index contributed by atoms with van der Waals surface area (Å²) < 4.78 is 34.9. The summed E-state index contributed by atoms with van der Waals surface area (Å²) in [5, 5.41) is 0. The van der Waals surface area contributed by atoms with Gasteiger partial charge in [0.15, 0.2) is 0 Å². The zero-order valence-electron chi connectivity index (χ0n) is 32.7. The highest BCUT2D eigenvalue weighted by Crippen LogP contribution is 2.43. The number of nitrogens with zero attached hydrogens (tertiary/aromatic N) is 1. The van der Waals surface area contributed by atoms with E-state index < -0.39 is 13.9 Å². The Morgan fingerprint density at radius 2 is 1.06 bits per heavy atom. The number of ether oxygens (including phenoxy) is 2. The first kappa shape index (κ1) is 48.0. The Labute approximate surface area is 303 Å². The van der Waals surface area contributed by atoms with Gasteiger partial charge in [-0.1, -0.05) is 122 Å². The second kappa shape index (κ2) is 34.1. The van der Waals surface area contributed by atoms with Crippen molar-refractivity contribution in [2.45, 2.75) is 174 Å². The number of hydrogen-bond donors (Lipinski definition) is 1. The smallest absolute Gasteiger partial charge is 0.457 e. The molecule has 1 N–H and O–H groups in total. The Kier molecular flexibility index (Phi) is 33.4. The minimum absolute atomic E-state index is 0.0867. The number of hydrogen-bond acceptors (Lipinski definition) is 6. The molecule has 8 nitrogen and oxygen atoms in total. The van der Waals surface area contributed by atoms with Crippen molar-refractivity contribution in [2.24, 2.45) is 0 Å². The van der Waals surface area contributed by atoms with Gasteiger partial charge in [-0.05, 0) is 64.2 Å². The number of allylic oxidation sites excluding steroid dienone is 4. The van der Waals surface area contributed by atoms with E-state index >= 15 is 0 Å². The number of rotatable bonds is 37. The van der Waals surface area contributed by atoms with Crippen LogP contribution in [0.15, 0.2) is 24.3 Å². The monoisotopic (exact) mass is 717 g/mol. The predicted molar refractivity (Wildman–Crippen MR) is 206 cm³/mol. The molecule has 0 saturated carbocycles. The summed E-state index contributed by atoms with van der Waals surface area (Å²) in [5.74, 6) is -0.326. The number of likely N-dealkylation sites (N-methyl/N-ethyl adjacent to an activating group) is 1. The SMILES string of the molecule is CCCCCC/C=C\CCCCCCCCOCC(COP(=O)(O)OCC[N+](C)(C)C)OC(=O)CCCCCCC/C=C\CCCCCC. The minimum Gasteiger partial charge on any atom is -0.457 e. The molecule has 0 heterocycles. The van der Waals surface area contributed by atoms with Crippen LogP contribution in [0.1, 0.15) is 168 Å². The van der Waals surface area contributed by atoms with Crippen LogP contribution in [0.5, 0.6) is 0 Å². The van der Waals surface area contributed by atoms with Crippen molar-refractivity contribution in [1.82, 2.24) is 0 Å². The average molecular weight is 717 g/mol. The Balaban J connectivity index is 4.30. The molecule has 9 heteroatoms. The minimum atomic E-state index is -4.27. The molecule has 0 aliphatic carbocycles. The zero-order valence-corrected chi connectivity index (χ0v) is 33.6. The number of esters is 1. The van der Waals surface area contributed by atoms with Crippen molar-refractivity contribution in [2.75, 3.05) is 54.1 Å². The molecular formula is C40H79NO7P+. The van der Waals surface area contributed by atoms with E-state index in [4.69, 9.17) is 18.5 Å². The quantitative estimate of drug-likeness (QED) is 0.0225. The molecule has 0 radical (unpaired) electrons. The fraction of sp³-hybridized carbons (Fsp3) is 0.875. The highest BCUT2D eigenvalue weighted by atomic mass is 31.2. The maximum absolute atomic E-state index is 12.6. The van der Waals surface area contributed by atoms with Gasteiger partial charge in [0.1, 0.15) is 19.3 Å². The lowest BCUT2D eigenvalue weighted by Gasteiger charge is -2.24. The summed E-state index contributed by atoms with van der Waals surface area (Å²) >= 11 is 0. The number of phosphoric ester groups is 1. The summed E-state index contributed by atoms with van der Waals surface area (Å²) in [4.78, 5) is 22.8. The molecule has 0 amide bonds. The van der Waals surface area contributed by atoms with Crippen LogP contribution in [0.3, 0.4) is 0 Å². The molecule has 0 aromatic rings. The van der Waals surface area contributed by atoms with Crippen molar-refractivity contribution in [3.63, 3.8) is 0 Å². The van der Waals surface area contributed by atoms with Crippen LogP contribution in [0.2, 0.25) is 0 Å². The molecule has 0 aliphatic rings. The van der Waals surface area contributed by atoms with E-state index in [9.17, 15) is 14.3 Å². The van der Waals surface area contributed by atoms with Crippen LogP contribution in [-0.2, 0) is 27.9 Å². The van der Waals surface area contributed by atoms with Gasteiger partial charge in [-0.15, -0.1) is 0 Å². The predicted octanol–water partition coefficient (Wildman–Crippen LogP) is 11.3. The first-order valence-corrected chi connectivity index (χ1v) is 21.6. The van der Waals surface area contributed by atoms with Gasteiger partial charge in [-0.25, -0.2) is 4.57 Å². The molecule has 0 saturated heterocycles. The molecule has 0 spiro atoms. The van der Waals surface area contributed by atoms with Gasteiger partial charge in [0.2, 0.25) is 0 Å². The molecule has 49 heavy (non-hydrogen) atoms. The van der Waals surface area contributed by atoms with Gasteiger partial charge < -0.3 is 18.9 Å². The van der Waals surface area contributed by atoms with Crippen molar-refractivity contribution in [3.8, 4) is 0 Å². The Bertz CT molecular complexity index is 843. The third-order valence-corrected chi connectivity index (χ3v) is 9.47. The maximum atomic E-state index is 12.6.